The number of carbonyl (C=O) groups is 3. The number of rotatable bonds is 17. The van der Waals surface area contributed by atoms with E-state index in [-0.39, 0.29) is 30.6 Å². The van der Waals surface area contributed by atoms with Crippen LogP contribution in [-0.4, -0.2) is 17.7 Å². The van der Waals surface area contributed by atoms with Crippen molar-refractivity contribution in [3.63, 3.8) is 0 Å². The number of amides is 3. The van der Waals surface area contributed by atoms with Gasteiger partial charge in [-0.3, -0.25) is 14.4 Å². The molecule has 0 saturated heterocycles. The van der Waals surface area contributed by atoms with Crippen LogP contribution in [0.1, 0.15) is 88.8 Å². The van der Waals surface area contributed by atoms with E-state index in [9.17, 15) is 14.4 Å². The zero-order valence-corrected chi connectivity index (χ0v) is 25.5. The molecule has 0 aliphatic rings. The Kier molecular flexibility index (Phi) is 13.8. The topological polar surface area (TPSA) is 87.3 Å². The second-order valence-electron chi connectivity index (χ2n) is 11.1. The molecule has 0 saturated carbocycles. The van der Waals surface area contributed by atoms with Crippen molar-refractivity contribution in [1.29, 1.82) is 0 Å². The lowest BCUT2D eigenvalue weighted by Gasteiger charge is -2.17. The van der Waals surface area contributed by atoms with Crippen LogP contribution in [0, 0.1) is 5.92 Å². The van der Waals surface area contributed by atoms with E-state index in [4.69, 9.17) is 0 Å². The number of benzene rings is 3. The fourth-order valence-corrected chi connectivity index (χ4v) is 4.93. The summed E-state index contributed by atoms with van der Waals surface area (Å²) < 4.78 is 0. The average molecular weight is 570 g/mol. The Balaban J connectivity index is 1.72. The monoisotopic (exact) mass is 569 g/mol. The van der Waals surface area contributed by atoms with Gasteiger partial charge in [0, 0.05) is 29.9 Å². The molecule has 3 amide bonds. The van der Waals surface area contributed by atoms with Crippen LogP contribution < -0.4 is 16.0 Å². The summed E-state index contributed by atoms with van der Waals surface area (Å²) >= 11 is 0. The number of anilines is 3. The maximum atomic E-state index is 13.5. The fraction of sp³-hybridized carbons (Fsp3) is 0.417. The van der Waals surface area contributed by atoms with Gasteiger partial charge >= 0.3 is 0 Å². The van der Waals surface area contributed by atoms with E-state index in [1.54, 1.807) is 0 Å². The molecule has 3 N–H and O–H groups in total. The molecule has 0 radical (unpaired) electrons. The molecular formula is C36H47N3O3. The van der Waals surface area contributed by atoms with Crippen LogP contribution in [0.3, 0.4) is 0 Å². The third kappa shape index (κ3) is 11.5. The van der Waals surface area contributed by atoms with Gasteiger partial charge in [-0.2, -0.15) is 0 Å². The lowest BCUT2D eigenvalue weighted by molar-refractivity contribution is -0.127. The van der Waals surface area contributed by atoms with Crippen molar-refractivity contribution in [2.24, 2.45) is 5.92 Å². The highest BCUT2D eigenvalue weighted by atomic mass is 16.2. The van der Waals surface area contributed by atoms with Crippen molar-refractivity contribution in [3.8, 4) is 0 Å². The minimum Gasteiger partial charge on any atom is -0.326 e. The van der Waals surface area contributed by atoms with Crippen LogP contribution in [0.5, 0.6) is 0 Å². The lowest BCUT2D eigenvalue weighted by Crippen LogP contribution is -2.31. The first kappa shape index (κ1) is 32.6. The minimum atomic E-state index is -0.837. The van der Waals surface area contributed by atoms with E-state index < -0.39 is 5.92 Å². The molecule has 0 bridgehead atoms. The Bertz CT molecular complexity index is 1240. The van der Waals surface area contributed by atoms with Crippen molar-refractivity contribution in [1.82, 2.24) is 0 Å². The molecule has 42 heavy (non-hydrogen) atoms. The summed E-state index contributed by atoms with van der Waals surface area (Å²) in [5.74, 6) is -1.78. The van der Waals surface area contributed by atoms with Gasteiger partial charge in [0.2, 0.25) is 17.7 Å². The molecule has 6 nitrogen and oxygen atoms in total. The van der Waals surface area contributed by atoms with Crippen LogP contribution in [0.25, 0.3) is 0 Å². The molecule has 224 valence electrons. The Hall–Kier alpha value is -3.93. The third-order valence-corrected chi connectivity index (χ3v) is 7.31. The van der Waals surface area contributed by atoms with Crippen LogP contribution in [0.4, 0.5) is 17.1 Å². The predicted molar refractivity (Wildman–Crippen MR) is 174 cm³/mol. The molecular weight excluding hydrogens is 522 g/mol. The minimum absolute atomic E-state index is 0.107. The van der Waals surface area contributed by atoms with Crippen LogP contribution in [0.15, 0.2) is 72.8 Å². The van der Waals surface area contributed by atoms with E-state index in [1.165, 1.54) is 0 Å². The molecule has 3 aromatic rings. The van der Waals surface area contributed by atoms with Crippen molar-refractivity contribution in [2.45, 2.75) is 91.4 Å². The molecule has 0 aliphatic heterocycles. The van der Waals surface area contributed by atoms with E-state index in [2.05, 4.69) is 48.9 Å². The third-order valence-electron chi connectivity index (χ3n) is 7.31. The van der Waals surface area contributed by atoms with Gasteiger partial charge in [-0.1, -0.05) is 76.4 Å². The first-order valence-corrected chi connectivity index (χ1v) is 15.6. The quantitative estimate of drug-likeness (QED) is 0.153. The Morgan fingerprint density at radius 2 is 0.905 bits per heavy atom. The molecule has 0 unspecified atom stereocenters. The SMILES string of the molecule is CCCCc1cccc(NC(=O)CC(CC(=O)Nc2cccc(CCCC)c2)C(=O)Nc2cccc(CCCC)c2)c1. The molecule has 0 atom stereocenters. The second-order valence-corrected chi connectivity index (χ2v) is 11.1. The van der Waals surface area contributed by atoms with Gasteiger partial charge in [-0.15, -0.1) is 0 Å². The van der Waals surface area contributed by atoms with Crippen LogP contribution in [0.2, 0.25) is 0 Å². The normalized spacial score (nSPS) is 10.9. The van der Waals surface area contributed by atoms with Crippen molar-refractivity contribution < 1.29 is 14.4 Å². The summed E-state index contributed by atoms with van der Waals surface area (Å²) in [5.41, 5.74) is 5.54. The van der Waals surface area contributed by atoms with E-state index in [1.807, 2.05) is 60.7 Å². The number of unbranched alkanes of at least 4 members (excludes halogenated alkanes) is 3. The van der Waals surface area contributed by atoms with Gasteiger partial charge in [0.25, 0.3) is 0 Å². The van der Waals surface area contributed by atoms with Gasteiger partial charge in [0.05, 0.1) is 5.92 Å². The zero-order chi connectivity index (χ0) is 30.2. The maximum absolute atomic E-state index is 13.5. The molecule has 6 heteroatoms. The number of nitrogens with one attached hydrogen (secondary N) is 3. The fourth-order valence-electron chi connectivity index (χ4n) is 4.93. The smallest absolute Gasteiger partial charge is 0.228 e. The molecule has 3 rings (SSSR count). The highest BCUT2D eigenvalue weighted by Gasteiger charge is 2.25. The van der Waals surface area contributed by atoms with Gasteiger partial charge in [-0.25, -0.2) is 0 Å². The van der Waals surface area contributed by atoms with Gasteiger partial charge in [0.15, 0.2) is 0 Å². The summed E-state index contributed by atoms with van der Waals surface area (Å²) in [4.78, 5) is 39.8. The summed E-state index contributed by atoms with van der Waals surface area (Å²) in [7, 11) is 0. The number of aryl methyl sites for hydroxylation is 3. The molecule has 3 aromatic carbocycles. The van der Waals surface area contributed by atoms with Crippen LogP contribution >= 0.6 is 0 Å². The maximum Gasteiger partial charge on any atom is 0.228 e. The summed E-state index contributed by atoms with van der Waals surface area (Å²) in [6, 6.07) is 23.4. The first-order chi connectivity index (χ1) is 20.4. The van der Waals surface area contributed by atoms with Gasteiger partial charge in [0.1, 0.15) is 0 Å². The first-order valence-electron chi connectivity index (χ1n) is 15.6. The Morgan fingerprint density at radius 1 is 0.548 bits per heavy atom. The van der Waals surface area contributed by atoms with Crippen molar-refractivity contribution in [3.05, 3.63) is 89.5 Å². The lowest BCUT2D eigenvalue weighted by atomic mass is 9.98. The van der Waals surface area contributed by atoms with Crippen molar-refractivity contribution in [2.75, 3.05) is 16.0 Å². The number of hydrogen-bond acceptors (Lipinski definition) is 3. The van der Waals surface area contributed by atoms with Gasteiger partial charge in [-0.05, 0) is 91.6 Å². The second kappa shape index (κ2) is 17.8. The zero-order valence-electron chi connectivity index (χ0n) is 25.5. The number of hydrogen-bond donors (Lipinski definition) is 3. The molecule has 0 aromatic heterocycles. The summed E-state index contributed by atoms with van der Waals surface area (Å²) in [5, 5.41) is 8.84. The van der Waals surface area contributed by atoms with Crippen LogP contribution in [-0.2, 0) is 33.6 Å². The van der Waals surface area contributed by atoms with Gasteiger partial charge < -0.3 is 16.0 Å². The predicted octanol–water partition coefficient (Wildman–Crippen LogP) is 8.33. The Labute approximate surface area is 251 Å². The van der Waals surface area contributed by atoms with E-state index >= 15 is 0 Å². The average Bonchev–Trinajstić information content (AvgIpc) is 2.98. The summed E-state index contributed by atoms with van der Waals surface area (Å²) in [6.07, 6.45) is 9.13. The largest absolute Gasteiger partial charge is 0.326 e. The summed E-state index contributed by atoms with van der Waals surface area (Å²) in [6.45, 7) is 6.45. The molecule has 0 aliphatic carbocycles. The van der Waals surface area contributed by atoms with Crippen molar-refractivity contribution >= 4 is 34.8 Å². The number of carbonyl (C=O) groups excluding carboxylic acids is 3. The highest BCUT2D eigenvalue weighted by molar-refractivity contribution is 6.01. The van der Waals surface area contributed by atoms with E-state index in [0.29, 0.717) is 17.1 Å². The molecule has 0 heterocycles. The molecule has 0 fully saturated rings. The standard InChI is InChI=1S/C36H47N3O3/c1-4-7-13-27-16-10-19-31(22-27)37-34(40)25-30(36(42)39-33-21-12-18-29(24-33)15-9-6-3)26-35(41)38-32-20-11-17-28(23-32)14-8-5-2/h10-12,16-24,30H,4-9,13-15,25-26H2,1-3H3,(H,37,40)(H,38,41)(H,39,42). The van der Waals surface area contributed by atoms with E-state index in [0.717, 1.165) is 74.5 Å². The molecule has 0 spiro atoms. The Morgan fingerprint density at radius 3 is 1.26 bits per heavy atom. The highest BCUT2D eigenvalue weighted by Crippen LogP contribution is 2.20.